The number of likely N-dealkylation sites (tertiary alicyclic amines) is 1. The van der Waals surface area contributed by atoms with Crippen LogP contribution in [0.15, 0.2) is 72.8 Å². The molecule has 0 radical (unpaired) electrons. The first-order valence-corrected chi connectivity index (χ1v) is 9.79. The molecule has 1 fully saturated rings. The van der Waals surface area contributed by atoms with Gasteiger partial charge in [-0.25, -0.2) is 0 Å². The second-order valence-corrected chi connectivity index (χ2v) is 7.44. The van der Waals surface area contributed by atoms with Gasteiger partial charge in [0.1, 0.15) is 0 Å². The molecule has 27 heavy (non-hydrogen) atoms. The van der Waals surface area contributed by atoms with Crippen LogP contribution in [0.2, 0.25) is 0 Å². The Bertz CT molecular complexity index is 898. The van der Waals surface area contributed by atoms with Crippen LogP contribution >= 0.6 is 0 Å². The van der Waals surface area contributed by atoms with E-state index in [1.807, 2.05) is 30.3 Å². The first kappa shape index (κ1) is 17.7. The Morgan fingerprint density at radius 1 is 0.852 bits per heavy atom. The van der Waals surface area contributed by atoms with Crippen LogP contribution < -0.4 is 5.32 Å². The second kappa shape index (κ2) is 8.36. The molecule has 1 amide bonds. The Labute approximate surface area is 161 Å². The maximum atomic E-state index is 12.5. The molecule has 0 spiro atoms. The summed E-state index contributed by atoms with van der Waals surface area (Å²) in [7, 11) is 0. The number of benzene rings is 3. The van der Waals surface area contributed by atoms with Crippen molar-refractivity contribution in [3.8, 4) is 0 Å². The van der Waals surface area contributed by atoms with E-state index in [1.54, 1.807) is 0 Å². The van der Waals surface area contributed by atoms with Gasteiger partial charge in [0.05, 0.1) is 0 Å². The molecule has 0 atom stereocenters. The number of nitrogens with one attached hydrogen (secondary N) is 1. The molecule has 3 nitrogen and oxygen atoms in total. The molecule has 1 N–H and O–H groups in total. The molecule has 3 heteroatoms. The molecular weight excluding hydrogens is 332 g/mol. The molecule has 3 aromatic rings. The normalized spacial score (nSPS) is 15.7. The zero-order chi connectivity index (χ0) is 18.5. The smallest absolute Gasteiger partial charge is 0.223 e. The van der Waals surface area contributed by atoms with Gasteiger partial charge in [-0.1, -0.05) is 66.7 Å². The predicted octanol–water partition coefficient (Wildman–Crippen LogP) is 4.37. The van der Waals surface area contributed by atoms with E-state index in [4.69, 9.17) is 0 Å². The van der Waals surface area contributed by atoms with Gasteiger partial charge in [-0.05, 0) is 53.9 Å². The van der Waals surface area contributed by atoms with Crippen molar-refractivity contribution in [3.05, 3.63) is 83.9 Å². The number of piperidine rings is 1. The number of carbonyl (C=O) groups is 1. The number of fused-ring (bicyclic) bond motifs is 1. The van der Waals surface area contributed by atoms with Gasteiger partial charge in [-0.3, -0.25) is 9.69 Å². The van der Waals surface area contributed by atoms with Crippen LogP contribution in [-0.4, -0.2) is 23.9 Å². The number of nitrogens with zero attached hydrogens (tertiary/aromatic N) is 1. The summed E-state index contributed by atoms with van der Waals surface area (Å²) in [5, 5.41) is 5.68. The van der Waals surface area contributed by atoms with E-state index >= 15 is 0 Å². The first-order chi connectivity index (χ1) is 13.3. The molecule has 138 valence electrons. The topological polar surface area (TPSA) is 32.3 Å². The maximum absolute atomic E-state index is 12.5. The van der Waals surface area contributed by atoms with Crippen LogP contribution in [0.3, 0.4) is 0 Å². The number of rotatable bonds is 5. The van der Waals surface area contributed by atoms with E-state index < -0.39 is 0 Å². The highest BCUT2D eigenvalue weighted by molar-refractivity contribution is 5.83. The molecule has 1 saturated heterocycles. The van der Waals surface area contributed by atoms with E-state index in [-0.39, 0.29) is 11.8 Å². The van der Waals surface area contributed by atoms with Crippen molar-refractivity contribution in [2.24, 2.45) is 5.92 Å². The fourth-order valence-corrected chi connectivity index (χ4v) is 3.88. The SMILES string of the molecule is O=C(NCc1ccccc1)C1CCN(Cc2ccc3ccccc3c2)CC1. The lowest BCUT2D eigenvalue weighted by molar-refractivity contribution is -0.126. The van der Waals surface area contributed by atoms with E-state index in [0.29, 0.717) is 6.54 Å². The quantitative estimate of drug-likeness (QED) is 0.735. The molecule has 0 saturated carbocycles. The molecule has 0 bridgehead atoms. The van der Waals surface area contributed by atoms with Crippen molar-refractivity contribution < 1.29 is 4.79 Å². The minimum atomic E-state index is 0.140. The average Bonchev–Trinajstić information content (AvgIpc) is 2.73. The van der Waals surface area contributed by atoms with E-state index in [0.717, 1.165) is 38.0 Å². The van der Waals surface area contributed by atoms with E-state index in [9.17, 15) is 4.79 Å². The van der Waals surface area contributed by atoms with Gasteiger partial charge in [0.15, 0.2) is 0 Å². The zero-order valence-corrected chi connectivity index (χ0v) is 15.6. The first-order valence-electron chi connectivity index (χ1n) is 9.79. The van der Waals surface area contributed by atoms with Crippen LogP contribution in [0.1, 0.15) is 24.0 Å². The van der Waals surface area contributed by atoms with Crippen molar-refractivity contribution >= 4 is 16.7 Å². The minimum Gasteiger partial charge on any atom is -0.352 e. The van der Waals surface area contributed by atoms with Crippen molar-refractivity contribution in [1.29, 1.82) is 0 Å². The second-order valence-electron chi connectivity index (χ2n) is 7.44. The number of amides is 1. The van der Waals surface area contributed by atoms with Gasteiger partial charge < -0.3 is 5.32 Å². The summed E-state index contributed by atoms with van der Waals surface area (Å²) in [5.74, 6) is 0.339. The summed E-state index contributed by atoms with van der Waals surface area (Å²) in [6, 6.07) is 25.3. The van der Waals surface area contributed by atoms with E-state index in [1.165, 1.54) is 16.3 Å². The van der Waals surface area contributed by atoms with Gasteiger partial charge in [0, 0.05) is 19.0 Å². The summed E-state index contributed by atoms with van der Waals surface area (Å²) in [5.41, 5.74) is 2.50. The Balaban J connectivity index is 1.27. The number of carbonyl (C=O) groups excluding carboxylic acids is 1. The van der Waals surface area contributed by atoms with Crippen molar-refractivity contribution in [1.82, 2.24) is 10.2 Å². The fraction of sp³-hybridized carbons (Fsp3) is 0.292. The summed E-state index contributed by atoms with van der Waals surface area (Å²) in [4.78, 5) is 14.9. The third kappa shape index (κ3) is 4.55. The van der Waals surface area contributed by atoms with Gasteiger partial charge in [-0.2, -0.15) is 0 Å². The van der Waals surface area contributed by atoms with Crippen LogP contribution in [0.5, 0.6) is 0 Å². The lowest BCUT2D eigenvalue weighted by Crippen LogP contribution is -2.40. The molecule has 3 aromatic carbocycles. The van der Waals surface area contributed by atoms with E-state index in [2.05, 4.69) is 52.7 Å². The Morgan fingerprint density at radius 3 is 2.33 bits per heavy atom. The standard InChI is InChI=1S/C24H26N2O/c27-24(25-17-19-6-2-1-3-7-19)22-12-14-26(15-13-22)18-20-10-11-21-8-4-5-9-23(21)16-20/h1-11,16,22H,12-15,17-18H2,(H,25,27). The highest BCUT2D eigenvalue weighted by Crippen LogP contribution is 2.21. The lowest BCUT2D eigenvalue weighted by atomic mass is 9.95. The highest BCUT2D eigenvalue weighted by Gasteiger charge is 2.24. The van der Waals surface area contributed by atoms with Gasteiger partial charge in [-0.15, -0.1) is 0 Å². The van der Waals surface area contributed by atoms with Gasteiger partial charge in [0.25, 0.3) is 0 Å². The Kier molecular flexibility index (Phi) is 5.50. The van der Waals surface area contributed by atoms with Crippen LogP contribution in [0.4, 0.5) is 0 Å². The largest absolute Gasteiger partial charge is 0.352 e. The molecule has 4 rings (SSSR count). The monoisotopic (exact) mass is 358 g/mol. The molecule has 1 heterocycles. The summed E-state index contributed by atoms with van der Waals surface area (Å²) < 4.78 is 0. The minimum absolute atomic E-state index is 0.140. The number of hydrogen-bond acceptors (Lipinski definition) is 2. The molecule has 1 aliphatic heterocycles. The van der Waals surface area contributed by atoms with Crippen molar-refractivity contribution in [2.45, 2.75) is 25.9 Å². The molecule has 0 aromatic heterocycles. The van der Waals surface area contributed by atoms with Crippen LogP contribution in [0.25, 0.3) is 10.8 Å². The summed E-state index contributed by atoms with van der Waals surface area (Å²) >= 11 is 0. The van der Waals surface area contributed by atoms with Crippen molar-refractivity contribution in [3.63, 3.8) is 0 Å². The lowest BCUT2D eigenvalue weighted by Gasteiger charge is -2.31. The van der Waals surface area contributed by atoms with Gasteiger partial charge >= 0.3 is 0 Å². The number of hydrogen-bond donors (Lipinski definition) is 1. The Hall–Kier alpha value is -2.65. The third-order valence-corrected chi connectivity index (χ3v) is 5.49. The summed E-state index contributed by atoms with van der Waals surface area (Å²) in [6.07, 6.45) is 1.88. The summed E-state index contributed by atoms with van der Waals surface area (Å²) in [6.45, 7) is 3.55. The maximum Gasteiger partial charge on any atom is 0.223 e. The van der Waals surface area contributed by atoms with Crippen molar-refractivity contribution in [2.75, 3.05) is 13.1 Å². The van der Waals surface area contributed by atoms with Crippen LogP contribution in [0, 0.1) is 5.92 Å². The Morgan fingerprint density at radius 2 is 1.56 bits per heavy atom. The fourth-order valence-electron chi connectivity index (χ4n) is 3.88. The van der Waals surface area contributed by atoms with Crippen LogP contribution in [-0.2, 0) is 17.9 Å². The third-order valence-electron chi connectivity index (χ3n) is 5.49. The molecule has 0 aliphatic carbocycles. The van der Waals surface area contributed by atoms with Gasteiger partial charge in [0.2, 0.25) is 5.91 Å². The molecule has 0 unspecified atom stereocenters. The average molecular weight is 358 g/mol. The zero-order valence-electron chi connectivity index (χ0n) is 15.6. The predicted molar refractivity (Wildman–Crippen MR) is 110 cm³/mol. The molecule has 1 aliphatic rings. The highest BCUT2D eigenvalue weighted by atomic mass is 16.1. The molecular formula is C24H26N2O.